The Bertz CT molecular complexity index is 575. The van der Waals surface area contributed by atoms with Crippen LogP contribution >= 0.6 is 0 Å². The number of aromatic nitrogens is 6. The van der Waals surface area contributed by atoms with Crippen molar-refractivity contribution in [1.82, 2.24) is 29.8 Å². The third-order valence-electron chi connectivity index (χ3n) is 3.67. The summed E-state index contributed by atoms with van der Waals surface area (Å²) in [5, 5.41) is 12.9. The summed E-state index contributed by atoms with van der Waals surface area (Å²) in [6.07, 6.45) is 7.03. The van der Waals surface area contributed by atoms with E-state index < -0.39 is 0 Å². The molecule has 6 nitrogen and oxygen atoms in total. The topological polar surface area (TPSA) is 61.4 Å². The first kappa shape index (κ1) is 10.2. The molecule has 0 spiro atoms. The molecule has 2 aromatic rings. The predicted octanol–water partition coefficient (Wildman–Crippen LogP) is 1.21. The third kappa shape index (κ3) is 1.81. The molecule has 0 aliphatic heterocycles. The first-order valence-electron chi connectivity index (χ1n) is 6.59. The van der Waals surface area contributed by atoms with Crippen molar-refractivity contribution in [2.45, 2.75) is 44.1 Å². The van der Waals surface area contributed by atoms with Crippen LogP contribution in [-0.2, 0) is 13.6 Å². The van der Waals surface area contributed by atoms with E-state index in [2.05, 4.69) is 20.4 Å². The molecule has 0 N–H and O–H groups in total. The molecule has 0 saturated heterocycles. The zero-order valence-corrected chi connectivity index (χ0v) is 10.5. The smallest absolute Gasteiger partial charge is 0.154 e. The van der Waals surface area contributed by atoms with Gasteiger partial charge in [0.2, 0.25) is 0 Å². The van der Waals surface area contributed by atoms with Gasteiger partial charge in [0.25, 0.3) is 0 Å². The Balaban J connectivity index is 1.54. The molecule has 0 atom stereocenters. The van der Waals surface area contributed by atoms with Gasteiger partial charge in [0, 0.05) is 25.1 Å². The molecule has 18 heavy (non-hydrogen) atoms. The van der Waals surface area contributed by atoms with Gasteiger partial charge in [0.1, 0.15) is 12.4 Å². The zero-order valence-electron chi connectivity index (χ0n) is 10.5. The molecule has 2 fully saturated rings. The summed E-state index contributed by atoms with van der Waals surface area (Å²) in [4.78, 5) is 4.60. The molecule has 2 heterocycles. The van der Waals surface area contributed by atoms with Crippen LogP contribution in [-0.4, -0.2) is 29.8 Å². The Kier molecular flexibility index (Phi) is 2.06. The van der Waals surface area contributed by atoms with Gasteiger partial charge in [0.05, 0.1) is 5.69 Å². The molecule has 0 unspecified atom stereocenters. The van der Waals surface area contributed by atoms with E-state index in [0.717, 1.165) is 17.3 Å². The SMILES string of the molecule is Cn1nc(C2CC2)nc1Cn1cc(C2CC2)nn1. The first-order chi connectivity index (χ1) is 8.79. The Morgan fingerprint density at radius 3 is 2.72 bits per heavy atom. The number of hydrogen-bond donors (Lipinski definition) is 0. The van der Waals surface area contributed by atoms with Crippen LogP contribution in [0.15, 0.2) is 6.20 Å². The summed E-state index contributed by atoms with van der Waals surface area (Å²) in [5.41, 5.74) is 1.12. The van der Waals surface area contributed by atoms with E-state index in [1.165, 1.54) is 25.7 Å². The van der Waals surface area contributed by atoms with Crippen molar-refractivity contribution in [1.29, 1.82) is 0 Å². The molecule has 94 valence electrons. The highest BCUT2D eigenvalue weighted by Gasteiger charge is 2.29. The Labute approximate surface area is 105 Å². The molecule has 4 rings (SSSR count). The Hall–Kier alpha value is -1.72. The number of rotatable bonds is 4. The number of hydrogen-bond acceptors (Lipinski definition) is 4. The molecule has 0 amide bonds. The molecule has 0 radical (unpaired) electrons. The van der Waals surface area contributed by atoms with Gasteiger partial charge in [-0.25, -0.2) is 9.67 Å². The molecule has 6 heteroatoms. The van der Waals surface area contributed by atoms with Gasteiger partial charge in [-0.2, -0.15) is 5.10 Å². The van der Waals surface area contributed by atoms with E-state index in [9.17, 15) is 0 Å². The van der Waals surface area contributed by atoms with Gasteiger partial charge in [-0.15, -0.1) is 5.10 Å². The minimum Gasteiger partial charge on any atom is -0.251 e. The summed E-state index contributed by atoms with van der Waals surface area (Å²) >= 11 is 0. The highest BCUT2D eigenvalue weighted by molar-refractivity contribution is 5.10. The fourth-order valence-corrected chi connectivity index (χ4v) is 2.19. The lowest BCUT2D eigenvalue weighted by atomic mass is 10.3. The Morgan fingerprint density at radius 1 is 1.22 bits per heavy atom. The summed E-state index contributed by atoms with van der Waals surface area (Å²) in [6.45, 7) is 0.663. The second-order valence-electron chi connectivity index (χ2n) is 5.40. The van der Waals surface area contributed by atoms with E-state index >= 15 is 0 Å². The highest BCUT2D eigenvalue weighted by Crippen LogP contribution is 2.39. The largest absolute Gasteiger partial charge is 0.251 e. The van der Waals surface area contributed by atoms with Crippen LogP contribution in [0.1, 0.15) is 54.9 Å². The lowest BCUT2D eigenvalue weighted by Gasteiger charge is -1.98. The Morgan fingerprint density at radius 2 is 2.00 bits per heavy atom. The van der Waals surface area contributed by atoms with Crippen LogP contribution < -0.4 is 0 Å². The third-order valence-corrected chi connectivity index (χ3v) is 3.67. The van der Waals surface area contributed by atoms with Crippen molar-refractivity contribution in [3.8, 4) is 0 Å². The van der Waals surface area contributed by atoms with Gasteiger partial charge in [-0.1, -0.05) is 5.21 Å². The van der Waals surface area contributed by atoms with Crippen molar-refractivity contribution < 1.29 is 0 Å². The summed E-state index contributed by atoms with van der Waals surface area (Å²) < 4.78 is 3.74. The van der Waals surface area contributed by atoms with Crippen LogP contribution in [0.2, 0.25) is 0 Å². The summed E-state index contributed by atoms with van der Waals surface area (Å²) in [6, 6.07) is 0. The van der Waals surface area contributed by atoms with Gasteiger partial charge >= 0.3 is 0 Å². The predicted molar refractivity (Wildman–Crippen MR) is 64.1 cm³/mol. The van der Waals surface area contributed by atoms with Crippen LogP contribution in [0.25, 0.3) is 0 Å². The van der Waals surface area contributed by atoms with Crippen molar-refractivity contribution in [2.24, 2.45) is 7.05 Å². The van der Waals surface area contributed by atoms with Gasteiger partial charge < -0.3 is 0 Å². The molecule has 0 aromatic carbocycles. The number of aryl methyl sites for hydroxylation is 1. The molecule has 2 saturated carbocycles. The van der Waals surface area contributed by atoms with E-state index in [0.29, 0.717) is 18.4 Å². The highest BCUT2D eigenvalue weighted by atomic mass is 15.4. The zero-order chi connectivity index (χ0) is 12.1. The average Bonchev–Trinajstić information content (AvgIpc) is 3.28. The number of nitrogens with zero attached hydrogens (tertiary/aromatic N) is 6. The van der Waals surface area contributed by atoms with Crippen LogP contribution in [0.4, 0.5) is 0 Å². The fraction of sp³-hybridized carbons (Fsp3) is 0.667. The molecule has 2 aliphatic rings. The van der Waals surface area contributed by atoms with Crippen LogP contribution in [0.3, 0.4) is 0 Å². The van der Waals surface area contributed by atoms with Crippen LogP contribution in [0.5, 0.6) is 0 Å². The normalized spacial score (nSPS) is 19.4. The maximum Gasteiger partial charge on any atom is 0.154 e. The van der Waals surface area contributed by atoms with Crippen molar-refractivity contribution in [3.63, 3.8) is 0 Å². The standard InChI is InChI=1S/C12H16N6/c1-17-11(13-12(15-17)9-4-5-9)7-18-6-10(14-16-18)8-2-3-8/h6,8-9H,2-5,7H2,1H3. The van der Waals surface area contributed by atoms with E-state index in [1.54, 1.807) is 0 Å². The summed E-state index contributed by atoms with van der Waals surface area (Å²) in [7, 11) is 1.95. The molecule has 0 bridgehead atoms. The molecule has 2 aromatic heterocycles. The maximum absolute atomic E-state index is 4.60. The average molecular weight is 244 g/mol. The van der Waals surface area contributed by atoms with Crippen LogP contribution in [0, 0.1) is 0 Å². The molecular weight excluding hydrogens is 228 g/mol. The second kappa shape index (κ2) is 3.63. The monoisotopic (exact) mass is 244 g/mol. The van der Waals surface area contributed by atoms with Crippen molar-refractivity contribution in [2.75, 3.05) is 0 Å². The summed E-state index contributed by atoms with van der Waals surface area (Å²) in [5.74, 6) is 3.21. The van der Waals surface area contributed by atoms with Gasteiger partial charge in [0.15, 0.2) is 5.82 Å². The van der Waals surface area contributed by atoms with E-state index in [-0.39, 0.29) is 0 Å². The minimum absolute atomic E-state index is 0.600. The first-order valence-corrected chi connectivity index (χ1v) is 6.59. The van der Waals surface area contributed by atoms with Gasteiger partial charge in [-0.05, 0) is 25.7 Å². The maximum atomic E-state index is 4.60. The van der Waals surface area contributed by atoms with Crippen molar-refractivity contribution >= 4 is 0 Å². The van der Waals surface area contributed by atoms with E-state index in [4.69, 9.17) is 0 Å². The second-order valence-corrected chi connectivity index (χ2v) is 5.40. The van der Waals surface area contributed by atoms with Gasteiger partial charge in [-0.3, -0.25) is 4.68 Å². The molecule has 2 aliphatic carbocycles. The lowest BCUT2D eigenvalue weighted by molar-refractivity contribution is 0.589. The quantitative estimate of drug-likeness (QED) is 0.811. The van der Waals surface area contributed by atoms with E-state index in [1.807, 2.05) is 22.6 Å². The van der Waals surface area contributed by atoms with Crippen molar-refractivity contribution in [3.05, 3.63) is 23.5 Å². The fourth-order valence-electron chi connectivity index (χ4n) is 2.19. The lowest BCUT2D eigenvalue weighted by Crippen LogP contribution is -2.07. The molecular formula is C12H16N6. The minimum atomic E-state index is 0.600.